The number of aliphatic hydroxyl groups excluding tert-OH is 1. The maximum atomic E-state index is 8.62. The lowest BCUT2D eigenvalue weighted by Crippen LogP contribution is -2.45. The highest BCUT2D eigenvalue weighted by Crippen LogP contribution is 2.23. The van der Waals surface area contributed by atoms with Crippen molar-refractivity contribution in [3.63, 3.8) is 0 Å². The van der Waals surface area contributed by atoms with Gasteiger partial charge in [-0.1, -0.05) is 0 Å². The molecule has 0 atom stereocenters. The molecule has 0 aromatic rings. The van der Waals surface area contributed by atoms with E-state index in [0.717, 1.165) is 26.1 Å². The Labute approximate surface area is 79.0 Å². The van der Waals surface area contributed by atoms with Crippen molar-refractivity contribution in [1.82, 2.24) is 0 Å². The Morgan fingerprint density at radius 1 is 1.38 bits per heavy atom. The molecular weight excluding hydrogens is 170 g/mol. The van der Waals surface area contributed by atoms with Crippen LogP contribution in [0.5, 0.6) is 0 Å². The van der Waals surface area contributed by atoms with Crippen LogP contribution in [-0.2, 0) is 9.47 Å². The highest BCUT2D eigenvalue weighted by molar-refractivity contribution is 4.84. The van der Waals surface area contributed by atoms with E-state index in [-0.39, 0.29) is 12.2 Å². The van der Waals surface area contributed by atoms with Gasteiger partial charge in [-0.2, -0.15) is 0 Å². The Morgan fingerprint density at radius 2 is 2.08 bits per heavy atom. The standard InChI is InChI=1S/C9H19NO3/c10-8-9(13-5-1-4-11)2-6-12-7-3-9/h11H,1-8,10H2. The van der Waals surface area contributed by atoms with Crippen molar-refractivity contribution in [1.29, 1.82) is 0 Å². The van der Waals surface area contributed by atoms with E-state index in [0.29, 0.717) is 19.6 Å². The molecule has 0 amide bonds. The summed E-state index contributed by atoms with van der Waals surface area (Å²) in [7, 11) is 0. The molecule has 1 aliphatic heterocycles. The van der Waals surface area contributed by atoms with Gasteiger partial charge < -0.3 is 20.3 Å². The zero-order chi connectivity index (χ0) is 9.57. The van der Waals surface area contributed by atoms with Gasteiger partial charge in [-0.05, 0) is 6.42 Å². The second-order valence-corrected chi connectivity index (χ2v) is 3.43. The molecular formula is C9H19NO3. The molecule has 0 unspecified atom stereocenters. The lowest BCUT2D eigenvalue weighted by Gasteiger charge is -2.36. The molecule has 0 aromatic heterocycles. The molecule has 0 bridgehead atoms. The van der Waals surface area contributed by atoms with Gasteiger partial charge >= 0.3 is 0 Å². The molecule has 0 aromatic carbocycles. The third kappa shape index (κ3) is 3.23. The maximum absolute atomic E-state index is 8.62. The summed E-state index contributed by atoms with van der Waals surface area (Å²) < 4.78 is 10.9. The number of nitrogens with two attached hydrogens (primary N) is 1. The number of ether oxygens (including phenoxy) is 2. The molecule has 1 saturated heterocycles. The van der Waals surface area contributed by atoms with Gasteiger partial charge in [0, 0.05) is 45.8 Å². The van der Waals surface area contributed by atoms with Crippen LogP contribution in [0.1, 0.15) is 19.3 Å². The van der Waals surface area contributed by atoms with Crippen LogP contribution in [0.3, 0.4) is 0 Å². The summed E-state index contributed by atoms with van der Waals surface area (Å²) in [5, 5.41) is 8.62. The summed E-state index contributed by atoms with van der Waals surface area (Å²) in [6, 6.07) is 0. The van der Waals surface area contributed by atoms with Crippen molar-refractivity contribution in [2.24, 2.45) is 5.73 Å². The Balaban J connectivity index is 2.29. The van der Waals surface area contributed by atoms with E-state index < -0.39 is 0 Å². The number of rotatable bonds is 5. The van der Waals surface area contributed by atoms with Crippen LogP contribution in [0, 0.1) is 0 Å². The average Bonchev–Trinajstić information content (AvgIpc) is 2.20. The van der Waals surface area contributed by atoms with Crippen LogP contribution in [0.25, 0.3) is 0 Å². The molecule has 1 aliphatic rings. The summed E-state index contributed by atoms with van der Waals surface area (Å²) in [5.41, 5.74) is 5.49. The molecule has 13 heavy (non-hydrogen) atoms. The quantitative estimate of drug-likeness (QED) is 0.592. The first kappa shape index (κ1) is 10.9. The number of hydrogen-bond acceptors (Lipinski definition) is 4. The minimum absolute atomic E-state index is 0.178. The van der Waals surface area contributed by atoms with Crippen LogP contribution in [0.2, 0.25) is 0 Å². The van der Waals surface area contributed by atoms with E-state index in [9.17, 15) is 0 Å². The maximum Gasteiger partial charge on any atom is 0.0847 e. The molecule has 3 N–H and O–H groups in total. The number of hydrogen-bond donors (Lipinski definition) is 2. The zero-order valence-electron chi connectivity index (χ0n) is 8.00. The fourth-order valence-corrected chi connectivity index (χ4v) is 1.50. The molecule has 1 heterocycles. The van der Waals surface area contributed by atoms with Gasteiger partial charge in [0.15, 0.2) is 0 Å². The van der Waals surface area contributed by atoms with Crippen LogP contribution >= 0.6 is 0 Å². The average molecular weight is 189 g/mol. The highest BCUT2D eigenvalue weighted by atomic mass is 16.5. The molecule has 0 spiro atoms. The Bertz CT molecular complexity index is 135. The largest absolute Gasteiger partial charge is 0.396 e. The van der Waals surface area contributed by atoms with Crippen LogP contribution in [-0.4, -0.2) is 43.7 Å². The van der Waals surface area contributed by atoms with Gasteiger partial charge in [-0.25, -0.2) is 0 Å². The van der Waals surface area contributed by atoms with Crippen LogP contribution in [0.4, 0.5) is 0 Å². The molecule has 4 nitrogen and oxygen atoms in total. The molecule has 1 rings (SSSR count). The minimum atomic E-state index is -0.187. The molecule has 0 saturated carbocycles. The van der Waals surface area contributed by atoms with E-state index in [4.69, 9.17) is 20.3 Å². The smallest absolute Gasteiger partial charge is 0.0847 e. The third-order valence-corrected chi connectivity index (χ3v) is 2.49. The van der Waals surface area contributed by atoms with Crippen molar-refractivity contribution in [3.05, 3.63) is 0 Å². The van der Waals surface area contributed by atoms with Gasteiger partial charge in [0.1, 0.15) is 0 Å². The van der Waals surface area contributed by atoms with E-state index in [1.54, 1.807) is 0 Å². The second kappa shape index (κ2) is 5.54. The van der Waals surface area contributed by atoms with Crippen molar-refractivity contribution in [3.8, 4) is 0 Å². The molecule has 0 aliphatic carbocycles. The monoisotopic (exact) mass is 189 g/mol. The topological polar surface area (TPSA) is 64.7 Å². The van der Waals surface area contributed by atoms with E-state index in [1.807, 2.05) is 0 Å². The summed E-state index contributed by atoms with van der Waals surface area (Å²) in [5.74, 6) is 0. The number of aliphatic hydroxyl groups is 1. The first-order valence-corrected chi connectivity index (χ1v) is 4.86. The lowest BCUT2D eigenvalue weighted by atomic mass is 9.94. The predicted molar refractivity (Wildman–Crippen MR) is 49.5 cm³/mol. The van der Waals surface area contributed by atoms with Crippen LogP contribution in [0.15, 0.2) is 0 Å². The Hall–Kier alpha value is -0.160. The summed E-state index contributed by atoms with van der Waals surface area (Å²) in [4.78, 5) is 0. The summed E-state index contributed by atoms with van der Waals surface area (Å²) in [6.07, 6.45) is 2.42. The minimum Gasteiger partial charge on any atom is -0.396 e. The molecule has 0 radical (unpaired) electrons. The Morgan fingerprint density at radius 3 is 2.62 bits per heavy atom. The van der Waals surface area contributed by atoms with E-state index >= 15 is 0 Å². The van der Waals surface area contributed by atoms with Gasteiger partial charge in [-0.3, -0.25) is 0 Å². The fourth-order valence-electron chi connectivity index (χ4n) is 1.50. The van der Waals surface area contributed by atoms with Crippen LogP contribution < -0.4 is 5.73 Å². The summed E-state index contributed by atoms with van der Waals surface area (Å²) in [6.45, 7) is 2.78. The normalized spacial score (nSPS) is 21.7. The second-order valence-electron chi connectivity index (χ2n) is 3.43. The summed E-state index contributed by atoms with van der Waals surface area (Å²) >= 11 is 0. The van der Waals surface area contributed by atoms with Crippen molar-refractivity contribution in [2.75, 3.05) is 33.0 Å². The van der Waals surface area contributed by atoms with Crippen molar-refractivity contribution < 1.29 is 14.6 Å². The van der Waals surface area contributed by atoms with Gasteiger partial charge in [0.2, 0.25) is 0 Å². The van der Waals surface area contributed by atoms with E-state index in [2.05, 4.69) is 0 Å². The Kier molecular flexibility index (Phi) is 4.66. The van der Waals surface area contributed by atoms with E-state index in [1.165, 1.54) is 0 Å². The predicted octanol–water partition coefficient (Wildman–Crippen LogP) is -0.107. The molecule has 78 valence electrons. The highest BCUT2D eigenvalue weighted by Gasteiger charge is 2.31. The van der Waals surface area contributed by atoms with Gasteiger partial charge in [-0.15, -0.1) is 0 Å². The lowest BCUT2D eigenvalue weighted by molar-refractivity contribution is -0.106. The zero-order valence-corrected chi connectivity index (χ0v) is 8.00. The van der Waals surface area contributed by atoms with Gasteiger partial charge in [0.25, 0.3) is 0 Å². The molecule has 1 fully saturated rings. The SMILES string of the molecule is NCC1(OCCCO)CCOCC1. The van der Waals surface area contributed by atoms with Crippen molar-refractivity contribution >= 4 is 0 Å². The first-order valence-electron chi connectivity index (χ1n) is 4.86. The first-order chi connectivity index (χ1) is 6.33. The third-order valence-electron chi connectivity index (χ3n) is 2.49. The molecule has 4 heteroatoms. The van der Waals surface area contributed by atoms with Crippen molar-refractivity contribution in [2.45, 2.75) is 24.9 Å². The van der Waals surface area contributed by atoms with Gasteiger partial charge in [0.05, 0.1) is 5.60 Å². The fraction of sp³-hybridized carbons (Fsp3) is 1.00.